The van der Waals surface area contributed by atoms with Crippen LogP contribution >= 0.6 is 43.2 Å². The molecule has 1 aliphatic rings. The fraction of sp³-hybridized carbons (Fsp3) is 0.200. The summed E-state index contributed by atoms with van der Waals surface area (Å²) in [5, 5.41) is 2.86. The van der Waals surface area contributed by atoms with Crippen molar-refractivity contribution in [2.45, 2.75) is 12.8 Å². The normalized spacial score (nSPS) is 14.3. The van der Waals surface area contributed by atoms with Crippen LogP contribution in [0.25, 0.3) is 0 Å². The number of thiophene rings is 1. The summed E-state index contributed by atoms with van der Waals surface area (Å²) in [5.74, 6) is -0.175. The fourth-order valence-corrected chi connectivity index (χ4v) is 5.17. The summed E-state index contributed by atoms with van der Waals surface area (Å²) in [6.45, 7) is 0.680. The summed E-state index contributed by atoms with van der Waals surface area (Å²) in [5.41, 5.74) is 2.77. The molecule has 1 aromatic carbocycles. The van der Waals surface area contributed by atoms with Crippen LogP contribution in [0.4, 0.5) is 0 Å². The Bertz CT molecular complexity index is 739. The molecule has 3 rings (SSSR count). The lowest BCUT2D eigenvalue weighted by Gasteiger charge is -2.07. The molecular weight excluding hydrogens is 418 g/mol. The van der Waals surface area contributed by atoms with Gasteiger partial charge in [0.15, 0.2) is 5.78 Å². The van der Waals surface area contributed by atoms with Gasteiger partial charge in [-0.1, -0.05) is 12.1 Å². The van der Waals surface area contributed by atoms with Crippen LogP contribution in [0.3, 0.4) is 0 Å². The monoisotopic (exact) mass is 427 g/mol. The van der Waals surface area contributed by atoms with Gasteiger partial charge in [0.1, 0.15) is 0 Å². The molecule has 0 atom stereocenters. The molecule has 1 amide bonds. The number of carbonyl (C=O) groups excluding carboxylic acids is 2. The Labute approximate surface area is 143 Å². The van der Waals surface area contributed by atoms with Crippen LogP contribution in [-0.2, 0) is 6.42 Å². The molecule has 0 saturated heterocycles. The number of aryl methyl sites for hydroxylation is 1. The minimum absolute atomic E-state index is 0.0799. The van der Waals surface area contributed by atoms with Gasteiger partial charge in [-0.3, -0.25) is 9.59 Å². The molecule has 21 heavy (non-hydrogen) atoms. The van der Waals surface area contributed by atoms with Crippen LogP contribution in [0.1, 0.15) is 38.3 Å². The van der Waals surface area contributed by atoms with E-state index in [2.05, 4.69) is 37.2 Å². The van der Waals surface area contributed by atoms with Crippen LogP contribution in [0.15, 0.2) is 31.8 Å². The molecule has 2 aromatic rings. The fourth-order valence-electron chi connectivity index (χ4n) is 2.37. The molecule has 0 spiro atoms. The molecule has 0 bridgehead atoms. The molecule has 0 aliphatic carbocycles. The standard InChI is InChI=1S/C15H11Br2NO2S/c16-12-7-11(14(17)21-12)13(19)9-4-3-8-2-1-5-18-15(20)10(8)6-9/h3-4,6-7H,1-2,5H2,(H,18,20). The minimum atomic E-state index is -0.0947. The van der Waals surface area contributed by atoms with Crippen molar-refractivity contribution < 1.29 is 9.59 Å². The SMILES string of the molecule is O=C1NCCCc2ccc(C(=O)c3cc(Br)sc3Br)cc21. The Morgan fingerprint density at radius 1 is 1.24 bits per heavy atom. The summed E-state index contributed by atoms with van der Waals surface area (Å²) >= 11 is 8.24. The first kappa shape index (κ1) is 14.9. The topological polar surface area (TPSA) is 46.2 Å². The molecule has 0 fully saturated rings. The zero-order valence-electron chi connectivity index (χ0n) is 10.9. The van der Waals surface area contributed by atoms with E-state index in [0.29, 0.717) is 23.2 Å². The zero-order valence-corrected chi connectivity index (χ0v) is 14.9. The van der Waals surface area contributed by atoms with Crippen molar-refractivity contribution in [2.75, 3.05) is 6.54 Å². The lowest BCUT2D eigenvalue weighted by Crippen LogP contribution is -2.22. The molecule has 1 aromatic heterocycles. The van der Waals surface area contributed by atoms with Gasteiger partial charge in [-0.05, 0) is 62.4 Å². The van der Waals surface area contributed by atoms with Crippen LogP contribution in [0, 0.1) is 0 Å². The molecule has 1 aliphatic heterocycles. The van der Waals surface area contributed by atoms with Gasteiger partial charge in [-0.15, -0.1) is 11.3 Å². The Kier molecular flexibility index (Phi) is 4.28. The average Bonchev–Trinajstić information content (AvgIpc) is 2.69. The second-order valence-electron chi connectivity index (χ2n) is 4.80. The molecule has 1 N–H and O–H groups in total. The number of nitrogens with one attached hydrogen (secondary N) is 1. The number of benzene rings is 1. The van der Waals surface area contributed by atoms with Gasteiger partial charge >= 0.3 is 0 Å². The molecule has 6 heteroatoms. The number of hydrogen-bond donors (Lipinski definition) is 1. The van der Waals surface area contributed by atoms with Crippen LogP contribution in [0.2, 0.25) is 0 Å². The predicted molar refractivity (Wildman–Crippen MR) is 90.2 cm³/mol. The average molecular weight is 429 g/mol. The van der Waals surface area contributed by atoms with E-state index in [0.717, 1.165) is 26.0 Å². The lowest BCUT2D eigenvalue weighted by molar-refractivity contribution is 0.0956. The van der Waals surface area contributed by atoms with Crippen molar-refractivity contribution in [1.82, 2.24) is 5.32 Å². The highest BCUT2D eigenvalue weighted by atomic mass is 79.9. The molecule has 0 unspecified atom stereocenters. The number of carbonyl (C=O) groups is 2. The number of amides is 1. The summed E-state index contributed by atoms with van der Waals surface area (Å²) in [7, 11) is 0. The van der Waals surface area contributed by atoms with Crippen molar-refractivity contribution in [3.63, 3.8) is 0 Å². The minimum Gasteiger partial charge on any atom is -0.352 e. The molecule has 3 nitrogen and oxygen atoms in total. The summed E-state index contributed by atoms with van der Waals surface area (Å²) in [6, 6.07) is 7.19. The summed E-state index contributed by atoms with van der Waals surface area (Å²) in [6.07, 6.45) is 1.78. The second kappa shape index (κ2) is 6.02. The molecular formula is C15H11Br2NO2S. The van der Waals surface area contributed by atoms with Gasteiger partial charge in [0.2, 0.25) is 0 Å². The van der Waals surface area contributed by atoms with E-state index in [1.165, 1.54) is 11.3 Å². The number of rotatable bonds is 2. The Morgan fingerprint density at radius 2 is 2.05 bits per heavy atom. The second-order valence-corrected chi connectivity index (χ2v) is 8.55. The van der Waals surface area contributed by atoms with Crippen LogP contribution in [0.5, 0.6) is 0 Å². The van der Waals surface area contributed by atoms with E-state index < -0.39 is 0 Å². The number of fused-ring (bicyclic) bond motifs is 1. The maximum absolute atomic E-state index is 12.6. The third kappa shape index (κ3) is 2.98. The van der Waals surface area contributed by atoms with E-state index in [1.807, 2.05) is 6.07 Å². The smallest absolute Gasteiger partial charge is 0.251 e. The molecule has 0 radical (unpaired) electrons. The van der Waals surface area contributed by atoms with Gasteiger partial charge < -0.3 is 5.32 Å². The third-order valence-electron chi connectivity index (χ3n) is 3.43. The highest BCUT2D eigenvalue weighted by molar-refractivity contribution is 9.12. The first-order chi connectivity index (χ1) is 10.1. The number of ketones is 1. The van der Waals surface area contributed by atoms with Gasteiger partial charge in [-0.2, -0.15) is 0 Å². The predicted octanol–water partition coefficient (Wildman–Crippen LogP) is 4.18. The van der Waals surface area contributed by atoms with Gasteiger partial charge in [0.05, 0.1) is 7.57 Å². The zero-order chi connectivity index (χ0) is 15.0. The van der Waals surface area contributed by atoms with E-state index in [1.54, 1.807) is 18.2 Å². The van der Waals surface area contributed by atoms with Gasteiger partial charge in [0.25, 0.3) is 5.91 Å². The van der Waals surface area contributed by atoms with Crippen molar-refractivity contribution in [1.29, 1.82) is 0 Å². The van der Waals surface area contributed by atoms with Crippen LogP contribution < -0.4 is 5.32 Å². The lowest BCUT2D eigenvalue weighted by atomic mass is 9.97. The third-order valence-corrected chi connectivity index (χ3v) is 5.77. The summed E-state index contributed by atoms with van der Waals surface area (Å²) in [4.78, 5) is 24.6. The van der Waals surface area contributed by atoms with Crippen molar-refractivity contribution in [3.8, 4) is 0 Å². The van der Waals surface area contributed by atoms with Crippen molar-refractivity contribution in [2.24, 2.45) is 0 Å². The van der Waals surface area contributed by atoms with Gasteiger partial charge in [0, 0.05) is 23.2 Å². The van der Waals surface area contributed by atoms with E-state index in [-0.39, 0.29) is 11.7 Å². The maximum atomic E-state index is 12.6. The number of halogens is 2. The Balaban J connectivity index is 2.02. The van der Waals surface area contributed by atoms with Gasteiger partial charge in [-0.25, -0.2) is 0 Å². The van der Waals surface area contributed by atoms with Crippen molar-refractivity contribution >= 4 is 54.9 Å². The Hall–Kier alpha value is -0.980. The van der Waals surface area contributed by atoms with E-state index in [9.17, 15) is 9.59 Å². The number of hydrogen-bond acceptors (Lipinski definition) is 3. The van der Waals surface area contributed by atoms with Crippen molar-refractivity contribution in [3.05, 3.63) is 54.1 Å². The highest BCUT2D eigenvalue weighted by Crippen LogP contribution is 2.33. The summed E-state index contributed by atoms with van der Waals surface area (Å²) < 4.78 is 1.68. The van der Waals surface area contributed by atoms with Crippen LogP contribution in [-0.4, -0.2) is 18.2 Å². The highest BCUT2D eigenvalue weighted by Gasteiger charge is 2.20. The largest absolute Gasteiger partial charge is 0.352 e. The quantitative estimate of drug-likeness (QED) is 0.729. The molecule has 2 heterocycles. The Morgan fingerprint density at radius 3 is 2.76 bits per heavy atom. The first-order valence-electron chi connectivity index (χ1n) is 6.47. The maximum Gasteiger partial charge on any atom is 0.251 e. The van der Waals surface area contributed by atoms with E-state index in [4.69, 9.17) is 0 Å². The molecule has 0 saturated carbocycles. The molecule has 108 valence electrons. The first-order valence-corrected chi connectivity index (χ1v) is 8.87. The van der Waals surface area contributed by atoms with E-state index >= 15 is 0 Å².